The van der Waals surface area contributed by atoms with Crippen molar-refractivity contribution in [2.45, 2.75) is 45.2 Å². The number of carbonyl (C=O) groups excluding carboxylic acids is 2. The highest BCUT2D eigenvalue weighted by Gasteiger charge is 2.17. The normalized spacial score (nSPS) is 13.2. The predicted molar refractivity (Wildman–Crippen MR) is 118 cm³/mol. The number of fused-ring (bicyclic) bond motifs is 1. The summed E-state index contributed by atoms with van der Waals surface area (Å²) < 4.78 is 17.0. The van der Waals surface area contributed by atoms with Crippen LogP contribution in [0, 0.1) is 5.82 Å². The van der Waals surface area contributed by atoms with Crippen LogP contribution in [-0.4, -0.2) is 26.2 Å². The van der Waals surface area contributed by atoms with Crippen LogP contribution in [0.4, 0.5) is 15.8 Å². The number of amides is 2. The number of anilines is 2. The van der Waals surface area contributed by atoms with E-state index in [1.54, 1.807) is 4.57 Å². The first-order valence-corrected chi connectivity index (χ1v) is 10.6. The molecule has 0 saturated heterocycles. The van der Waals surface area contributed by atoms with E-state index in [0.29, 0.717) is 24.5 Å². The highest BCUT2D eigenvalue weighted by Crippen LogP contribution is 2.20. The molecular weight excluding hydrogens is 413 g/mol. The van der Waals surface area contributed by atoms with Crippen LogP contribution in [0.2, 0.25) is 0 Å². The molecule has 2 heterocycles. The number of rotatable bonds is 6. The Balaban J connectivity index is 1.41. The van der Waals surface area contributed by atoms with Crippen molar-refractivity contribution in [3.8, 4) is 0 Å². The molecule has 2 amide bonds. The molecule has 9 heteroatoms. The molecule has 1 aliphatic rings. The van der Waals surface area contributed by atoms with Crippen molar-refractivity contribution in [2.24, 2.45) is 0 Å². The van der Waals surface area contributed by atoms with Gasteiger partial charge in [0, 0.05) is 18.7 Å². The van der Waals surface area contributed by atoms with Crippen LogP contribution < -0.4 is 16.3 Å². The van der Waals surface area contributed by atoms with Gasteiger partial charge in [0.2, 0.25) is 11.8 Å². The Hall–Kier alpha value is -3.75. The number of halogens is 1. The van der Waals surface area contributed by atoms with Crippen LogP contribution >= 0.6 is 0 Å². The number of hydrogen-bond donors (Lipinski definition) is 2. The molecule has 0 radical (unpaired) electrons. The minimum atomic E-state index is -0.613. The van der Waals surface area contributed by atoms with Crippen molar-refractivity contribution in [1.82, 2.24) is 14.3 Å². The van der Waals surface area contributed by atoms with Gasteiger partial charge in [-0.3, -0.25) is 14.2 Å². The minimum absolute atomic E-state index is 0.0328. The molecule has 32 heavy (non-hydrogen) atoms. The summed E-state index contributed by atoms with van der Waals surface area (Å²) in [4.78, 5) is 37.2. The van der Waals surface area contributed by atoms with Gasteiger partial charge in [0.05, 0.1) is 12.1 Å². The molecule has 8 nitrogen and oxygen atoms in total. The largest absolute Gasteiger partial charge is 0.346 e. The molecule has 0 unspecified atom stereocenters. The maximum absolute atomic E-state index is 14.2. The van der Waals surface area contributed by atoms with Crippen molar-refractivity contribution >= 4 is 23.2 Å². The summed E-state index contributed by atoms with van der Waals surface area (Å²) >= 11 is 0. The molecular formula is C23H24FN5O3. The Labute approximate surface area is 184 Å². The van der Waals surface area contributed by atoms with E-state index in [2.05, 4.69) is 15.7 Å². The van der Waals surface area contributed by atoms with Crippen LogP contribution in [0.15, 0.2) is 53.3 Å². The smallest absolute Gasteiger partial charge is 0.324 e. The summed E-state index contributed by atoms with van der Waals surface area (Å²) in [5.41, 5.74) is 0.777. The number of nitrogens with zero attached hydrogens (tertiary/aromatic N) is 3. The van der Waals surface area contributed by atoms with Crippen molar-refractivity contribution in [3.05, 3.63) is 76.2 Å². The van der Waals surface area contributed by atoms with Crippen LogP contribution in [-0.2, 0) is 35.5 Å². The van der Waals surface area contributed by atoms with Gasteiger partial charge in [0.25, 0.3) is 0 Å². The van der Waals surface area contributed by atoms with E-state index in [4.69, 9.17) is 0 Å². The fourth-order valence-electron chi connectivity index (χ4n) is 3.74. The summed E-state index contributed by atoms with van der Waals surface area (Å²) in [5, 5.41) is 9.46. The van der Waals surface area contributed by atoms with Crippen LogP contribution in [0.3, 0.4) is 0 Å². The highest BCUT2D eigenvalue weighted by molar-refractivity contribution is 5.94. The molecule has 0 saturated carbocycles. The quantitative estimate of drug-likeness (QED) is 0.620. The van der Waals surface area contributed by atoms with Gasteiger partial charge in [-0.05, 0) is 36.6 Å². The summed E-state index contributed by atoms with van der Waals surface area (Å²) in [5.74, 6) is -0.748. The third-order valence-electron chi connectivity index (χ3n) is 5.31. The number of aromatic nitrogens is 3. The number of hydrogen-bond acceptors (Lipinski definition) is 4. The monoisotopic (exact) mass is 437 g/mol. The summed E-state index contributed by atoms with van der Waals surface area (Å²) in [6, 6.07) is 13.0. The zero-order valence-electron chi connectivity index (χ0n) is 17.5. The third-order valence-corrected chi connectivity index (χ3v) is 5.31. The molecule has 0 fully saturated rings. The third kappa shape index (κ3) is 5.11. The second-order valence-corrected chi connectivity index (χ2v) is 7.77. The van der Waals surface area contributed by atoms with Gasteiger partial charge < -0.3 is 10.6 Å². The first-order valence-electron chi connectivity index (χ1n) is 10.6. The predicted octanol–water partition coefficient (Wildman–Crippen LogP) is 2.73. The lowest BCUT2D eigenvalue weighted by Gasteiger charge is -2.10. The van der Waals surface area contributed by atoms with Crippen molar-refractivity contribution in [3.63, 3.8) is 0 Å². The standard InChI is InChI=1S/C23H24FN5O3/c24-18-11-10-17(14-19(18)26-21(30)13-16-7-3-1-4-8-16)25-22(31)15-29-23(32)28-12-6-2-5-9-20(28)27-29/h1,3-4,7-8,10-11,14H,2,5-6,9,12-13,15H2,(H,25,31)(H,26,30). The average Bonchev–Trinajstić information content (AvgIpc) is 2.92. The van der Waals surface area contributed by atoms with Crippen LogP contribution in [0.1, 0.15) is 30.7 Å². The Morgan fingerprint density at radius 2 is 1.81 bits per heavy atom. The van der Waals surface area contributed by atoms with Crippen molar-refractivity contribution in [2.75, 3.05) is 10.6 Å². The fourth-order valence-corrected chi connectivity index (χ4v) is 3.74. The molecule has 0 bridgehead atoms. The van der Waals surface area contributed by atoms with Gasteiger partial charge in [-0.15, -0.1) is 0 Å². The molecule has 0 aliphatic carbocycles. The molecule has 1 aliphatic heterocycles. The van der Waals surface area contributed by atoms with Crippen LogP contribution in [0.5, 0.6) is 0 Å². The van der Waals surface area contributed by atoms with Gasteiger partial charge in [0.1, 0.15) is 18.2 Å². The first-order chi connectivity index (χ1) is 15.5. The average molecular weight is 437 g/mol. The van der Waals surface area contributed by atoms with E-state index >= 15 is 0 Å². The van der Waals surface area contributed by atoms with E-state index in [-0.39, 0.29) is 30.2 Å². The number of aryl methyl sites for hydroxylation is 1. The van der Waals surface area contributed by atoms with Crippen molar-refractivity contribution < 1.29 is 14.0 Å². The zero-order valence-corrected chi connectivity index (χ0v) is 17.5. The Kier molecular flexibility index (Phi) is 6.44. The SMILES string of the molecule is O=C(Cn1nc2n(c1=O)CCCCC2)Nc1ccc(F)c(NC(=O)Cc2ccccc2)c1. The molecule has 166 valence electrons. The van der Waals surface area contributed by atoms with Gasteiger partial charge in [-0.2, -0.15) is 5.10 Å². The maximum Gasteiger partial charge on any atom is 0.346 e. The molecule has 0 atom stereocenters. The fraction of sp³-hybridized carbons (Fsp3) is 0.304. The summed E-state index contributed by atoms with van der Waals surface area (Å²) in [6.07, 6.45) is 3.76. The number of benzene rings is 2. The molecule has 3 aromatic rings. The number of carbonyl (C=O) groups is 2. The van der Waals surface area contributed by atoms with E-state index in [9.17, 15) is 18.8 Å². The van der Waals surface area contributed by atoms with Gasteiger partial charge in [-0.25, -0.2) is 13.9 Å². The van der Waals surface area contributed by atoms with Crippen LogP contribution in [0.25, 0.3) is 0 Å². The summed E-state index contributed by atoms with van der Waals surface area (Å²) in [6.45, 7) is 0.367. The molecule has 4 rings (SSSR count). The van der Waals surface area contributed by atoms with Gasteiger partial charge in [-0.1, -0.05) is 36.8 Å². The lowest BCUT2D eigenvalue weighted by molar-refractivity contribution is -0.117. The Bertz CT molecular complexity index is 1190. The molecule has 1 aromatic heterocycles. The Morgan fingerprint density at radius 1 is 1.00 bits per heavy atom. The van der Waals surface area contributed by atoms with Gasteiger partial charge >= 0.3 is 5.69 Å². The first kappa shape index (κ1) is 21.5. The topological polar surface area (TPSA) is 98.0 Å². The second kappa shape index (κ2) is 9.59. The zero-order chi connectivity index (χ0) is 22.5. The highest BCUT2D eigenvalue weighted by atomic mass is 19.1. The Morgan fingerprint density at radius 3 is 2.62 bits per heavy atom. The second-order valence-electron chi connectivity index (χ2n) is 7.77. The van der Waals surface area contributed by atoms with E-state index in [1.165, 1.54) is 18.2 Å². The van der Waals surface area contributed by atoms with E-state index in [0.717, 1.165) is 29.5 Å². The molecule has 2 N–H and O–H groups in total. The summed E-state index contributed by atoms with van der Waals surface area (Å²) in [7, 11) is 0. The molecule has 2 aromatic carbocycles. The van der Waals surface area contributed by atoms with E-state index < -0.39 is 11.7 Å². The van der Waals surface area contributed by atoms with Gasteiger partial charge in [0.15, 0.2) is 0 Å². The lowest BCUT2D eigenvalue weighted by Crippen LogP contribution is -2.30. The van der Waals surface area contributed by atoms with Crippen molar-refractivity contribution in [1.29, 1.82) is 0 Å². The maximum atomic E-state index is 14.2. The van der Waals surface area contributed by atoms with E-state index in [1.807, 2.05) is 30.3 Å². The minimum Gasteiger partial charge on any atom is -0.324 e. The lowest BCUT2D eigenvalue weighted by atomic mass is 10.1. The number of nitrogens with one attached hydrogen (secondary N) is 2. The molecule has 0 spiro atoms.